The molecule has 5 rings (SSSR count). The zero-order chi connectivity index (χ0) is 23.3. The van der Waals surface area contributed by atoms with Gasteiger partial charge in [0.25, 0.3) is 0 Å². The fourth-order valence-corrected chi connectivity index (χ4v) is 4.21. The van der Waals surface area contributed by atoms with Crippen molar-refractivity contribution in [2.75, 3.05) is 43.6 Å². The van der Waals surface area contributed by atoms with Crippen LogP contribution in [0.15, 0.2) is 41.1 Å². The molecule has 176 valence electrons. The van der Waals surface area contributed by atoms with Crippen molar-refractivity contribution in [3.8, 4) is 17.0 Å². The Labute approximate surface area is 193 Å². The summed E-state index contributed by atoms with van der Waals surface area (Å²) < 4.78 is 30.3. The highest BCUT2D eigenvalue weighted by Crippen LogP contribution is 2.39. The topological polar surface area (TPSA) is 85.5 Å². The van der Waals surface area contributed by atoms with Crippen molar-refractivity contribution in [3.63, 3.8) is 0 Å². The van der Waals surface area contributed by atoms with Crippen molar-refractivity contribution >= 4 is 17.7 Å². The lowest BCUT2D eigenvalue weighted by Gasteiger charge is -2.38. The first-order chi connectivity index (χ1) is 16.1. The molecule has 0 saturated carbocycles. The molecule has 0 bridgehead atoms. The van der Waals surface area contributed by atoms with Crippen LogP contribution in [0.4, 0.5) is 22.0 Å². The number of rotatable bonds is 5. The average molecular weight is 456 g/mol. The van der Waals surface area contributed by atoms with E-state index in [1.165, 1.54) is 13.2 Å². The summed E-state index contributed by atoms with van der Waals surface area (Å²) in [5.41, 5.74) is 1.05. The Morgan fingerprint density at radius 3 is 2.64 bits per heavy atom. The van der Waals surface area contributed by atoms with E-state index in [0.29, 0.717) is 40.1 Å². The normalized spacial score (nSPS) is 16.9. The minimum absolute atomic E-state index is 0.333. The minimum Gasteiger partial charge on any atom is -0.497 e. The molecule has 4 heterocycles. The Morgan fingerprint density at radius 1 is 1.12 bits per heavy atom. The highest BCUT2D eigenvalue weighted by Gasteiger charge is 2.38. The molecule has 2 fully saturated rings. The van der Waals surface area contributed by atoms with E-state index in [1.54, 1.807) is 30.5 Å². The van der Waals surface area contributed by atoms with Crippen molar-refractivity contribution in [1.82, 2.24) is 15.1 Å². The maximum absolute atomic E-state index is 14.3. The Kier molecular flexibility index (Phi) is 7.08. The molecule has 0 atom stereocenters. The van der Waals surface area contributed by atoms with Crippen molar-refractivity contribution < 1.29 is 18.4 Å². The van der Waals surface area contributed by atoms with E-state index in [2.05, 4.69) is 25.3 Å². The SMILES string of the molecule is CC.COc1ccc(-c2cc(Nc3ccnc(N4CCC5(CCOC5)CC4)n3)on2)c(F)c1. The predicted molar refractivity (Wildman–Crippen MR) is 124 cm³/mol. The summed E-state index contributed by atoms with van der Waals surface area (Å²) >= 11 is 0. The number of ether oxygens (including phenoxy) is 2. The van der Waals surface area contributed by atoms with Gasteiger partial charge in [0.2, 0.25) is 11.8 Å². The maximum atomic E-state index is 14.3. The number of hydrogen-bond acceptors (Lipinski definition) is 8. The molecule has 1 aromatic carbocycles. The van der Waals surface area contributed by atoms with Gasteiger partial charge in [0.15, 0.2) is 0 Å². The molecule has 2 aliphatic heterocycles. The molecule has 0 amide bonds. The van der Waals surface area contributed by atoms with E-state index in [9.17, 15) is 4.39 Å². The summed E-state index contributed by atoms with van der Waals surface area (Å²) in [5, 5.41) is 7.06. The molecule has 2 aliphatic rings. The first kappa shape index (κ1) is 23.0. The predicted octanol–water partition coefficient (Wildman–Crippen LogP) is 5.06. The van der Waals surface area contributed by atoms with Gasteiger partial charge in [-0.05, 0) is 42.9 Å². The van der Waals surface area contributed by atoms with E-state index in [-0.39, 0.29) is 0 Å². The molecule has 33 heavy (non-hydrogen) atoms. The molecular formula is C24H30FN5O3. The number of piperidine rings is 1. The Hall–Kier alpha value is -3.20. The lowest BCUT2D eigenvalue weighted by atomic mass is 9.78. The summed E-state index contributed by atoms with van der Waals surface area (Å²) in [6.45, 7) is 7.56. The second kappa shape index (κ2) is 10.2. The van der Waals surface area contributed by atoms with Crippen molar-refractivity contribution in [3.05, 3.63) is 42.3 Å². The van der Waals surface area contributed by atoms with Gasteiger partial charge in [-0.1, -0.05) is 19.0 Å². The number of halogens is 1. The summed E-state index contributed by atoms with van der Waals surface area (Å²) in [7, 11) is 1.49. The lowest BCUT2D eigenvalue weighted by molar-refractivity contribution is 0.133. The zero-order valence-electron chi connectivity index (χ0n) is 19.3. The van der Waals surface area contributed by atoms with Crippen molar-refractivity contribution in [2.45, 2.75) is 33.1 Å². The van der Waals surface area contributed by atoms with E-state index < -0.39 is 5.82 Å². The number of aromatic nitrogens is 3. The van der Waals surface area contributed by atoms with Gasteiger partial charge in [-0.3, -0.25) is 0 Å². The summed E-state index contributed by atoms with van der Waals surface area (Å²) in [6.07, 6.45) is 5.04. The third kappa shape index (κ3) is 5.08. The molecule has 0 aliphatic carbocycles. The molecule has 9 heteroatoms. The van der Waals surface area contributed by atoms with Crippen LogP contribution in [0.5, 0.6) is 5.75 Å². The molecule has 8 nitrogen and oxygen atoms in total. The van der Waals surface area contributed by atoms with Crippen molar-refractivity contribution in [1.29, 1.82) is 0 Å². The fourth-order valence-electron chi connectivity index (χ4n) is 4.21. The number of benzene rings is 1. The van der Waals surface area contributed by atoms with Gasteiger partial charge < -0.3 is 24.2 Å². The van der Waals surface area contributed by atoms with E-state index in [1.807, 2.05) is 13.8 Å². The van der Waals surface area contributed by atoms with Gasteiger partial charge in [0.05, 0.1) is 13.7 Å². The average Bonchev–Trinajstić information content (AvgIpc) is 3.51. The summed E-state index contributed by atoms with van der Waals surface area (Å²) in [5.74, 6) is 1.66. The summed E-state index contributed by atoms with van der Waals surface area (Å²) in [6, 6.07) is 8.00. The first-order valence-corrected chi connectivity index (χ1v) is 11.4. The Balaban J connectivity index is 0.00000126. The second-order valence-corrected chi connectivity index (χ2v) is 8.08. The van der Waals surface area contributed by atoms with Gasteiger partial charge in [-0.25, -0.2) is 9.37 Å². The highest BCUT2D eigenvalue weighted by atomic mass is 19.1. The van der Waals surface area contributed by atoms with E-state index >= 15 is 0 Å². The standard InChI is InChI=1S/C22H24FN5O3.C2H6/c1-29-15-2-3-16(17(23)12-15)18-13-20(31-27-18)25-19-4-8-24-21(26-19)28-9-5-22(6-10-28)7-11-30-14-22;1-2/h2-4,8,12-13H,5-7,9-11,14H2,1H3,(H,24,25,26);1-2H3. The molecule has 0 radical (unpaired) electrons. The Morgan fingerprint density at radius 2 is 1.94 bits per heavy atom. The molecule has 1 spiro atoms. The van der Waals surface area contributed by atoms with Crippen LogP contribution in [0.2, 0.25) is 0 Å². The largest absolute Gasteiger partial charge is 0.497 e. The monoisotopic (exact) mass is 455 g/mol. The quantitative estimate of drug-likeness (QED) is 0.572. The van der Waals surface area contributed by atoms with Crippen molar-refractivity contribution in [2.24, 2.45) is 5.41 Å². The van der Waals surface area contributed by atoms with Gasteiger partial charge in [-0.2, -0.15) is 4.98 Å². The van der Waals surface area contributed by atoms with Crippen LogP contribution in [0.25, 0.3) is 11.3 Å². The van der Waals surface area contributed by atoms with E-state index in [4.69, 9.17) is 14.0 Å². The van der Waals surface area contributed by atoms with Gasteiger partial charge in [0, 0.05) is 43.6 Å². The number of hydrogen-bond donors (Lipinski definition) is 1. The smallest absolute Gasteiger partial charge is 0.230 e. The minimum atomic E-state index is -0.431. The maximum Gasteiger partial charge on any atom is 0.230 e. The third-order valence-corrected chi connectivity index (χ3v) is 6.15. The number of nitrogens with one attached hydrogen (secondary N) is 1. The van der Waals surface area contributed by atoms with Crippen LogP contribution in [0.3, 0.4) is 0 Å². The number of anilines is 3. The second-order valence-electron chi connectivity index (χ2n) is 8.08. The van der Waals surface area contributed by atoms with E-state index in [0.717, 1.165) is 45.6 Å². The van der Waals surface area contributed by atoms with Crippen LogP contribution in [0.1, 0.15) is 33.1 Å². The highest BCUT2D eigenvalue weighted by molar-refractivity contribution is 5.65. The first-order valence-electron chi connectivity index (χ1n) is 11.4. The third-order valence-electron chi connectivity index (χ3n) is 6.15. The van der Waals surface area contributed by atoms with Crippen LogP contribution >= 0.6 is 0 Å². The summed E-state index contributed by atoms with van der Waals surface area (Å²) in [4.78, 5) is 11.3. The van der Waals surface area contributed by atoms with Crippen LogP contribution in [-0.4, -0.2) is 48.5 Å². The van der Waals surface area contributed by atoms with Crippen LogP contribution in [-0.2, 0) is 4.74 Å². The molecular weight excluding hydrogens is 425 g/mol. The van der Waals surface area contributed by atoms with Crippen LogP contribution in [0, 0.1) is 11.2 Å². The molecule has 0 unspecified atom stereocenters. The molecule has 2 saturated heterocycles. The van der Waals surface area contributed by atoms with Crippen LogP contribution < -0.4 is 15.0 Å². The molecule has 3 aromatic rings. The number of methoxy groups -OCH3 is 1. The number of nitrogens with zero attached hydrogens (tertiary/aromatic N) is 4. The van der Waals surface area contributed by atoms with Gasteiger partial charge in [0.1, 0.15) is 23.1 Å². The molecule has 1 N–H and O–H groups in total. The molecule has 2 aromatic heterocycles. The lowest BCUT2D eigenvalue weighted by Crippen LogP contribution is -2.41. The fraction of sp³-hybridized carbons (Fsp3) is 0.458. The van der Waals surface area contributed by atoms with Gasteiger partial charge >= 0.3 is 0 Å². The van der Waals surface area contributed by atoms with Gasteiger partial charge in [-0.15, -0.1) is 0 Å². The zero-order valence-corrected chi connectivity index (χ0v) is 19.3. The Bertz CT molecular complexity index is 1060.